The number of hydrogen-bond acceptors (Lipinski definition) is 3. The molecule has 0 spiro atoms. The van der Waals surface area contributed by atoms with E-state index in [1.54, 1.807) is 7.11 Å². The van der Waals surface area contributed by atoms with Gasteiger partial charge < -0.3 is 9.47 Å². The van der Waals surface area contributed by atoms with Gasteiger partial charge in [0.25, 0.3) is 0 Å². The van der Waals surface area contributed by atoms with Crippen molar-refractivity contribution >= 4 is 47.6 Å². The third-order valence-electron chi connectivity index (χ3n) is 9.16. The average Bonchev–Trinajstić information content (AvgIpc) is 3.42. The SMILES string of the molecule is CCC(/C=C/C1=[NH+]c2ccccc2C1(C)C)=C1/Oc2cc(OC)ccc2C=C1C.O=Cc1ccccc1P(c1ccccc1)c1ccccc1. The highest BCUT2D eigenvalue weighted by molar-refractivity contribution is 7.80. The third kappa shape index (κ3) is 7.32. The summed E-state index contributed by atoms with van der Waals surface area (Å²) in [7, 11) is 0.971. The van der Waals surface area contributed by atoms with Crippen LogP contribution < -0.4 is 30.4 Å². The number of hydrogen-bond donors (Lipinski definition) is 1. The number of benzene rings is 5. The number of methoxy groups -OCH3 is 1. The minimum Gasteiger partial charge on any atom is -0.497 e. The number of para-hydroxylation sites is 1. The predicted octanol–water partition coefficient (Wildman–Crippen LogP) is 8.11. The molecule has 0 atom stereocenters. The van der Waals surface area contributed by atoms with Gasteiger partial charge in [0.15, 0.2) is 12.0 Å². The molecule has 1 N–H and O–H groups in total. The predicted molar refractivity (Wildman–Crippen MR) is 209 cm³/mol. The minimum absolute atomic E-state index is 0.0467. The van der Waals surface area contributed by atoms with Crippen molar-refractivity contribution < 1.29 is 19.3 Å². The van der Waals surface area contributed by atoms with Crippen LogP contribution in [0, 0.1) is 0 Å². The molecule has 2 heterocycles. The largest absolute Gasteiger partial charge is 0.497 e. The smallest absolute Gasteiger partial charge is 0.208 e. The van der Waals surface area contributed by atoms with Crippen LogP contribution in [-0.2, 0) is 5.41 Å². The van der Waals surface area contributed by atoms with Gasteiger partial charge in [-0.2, -0.15) is 0 Å². The molecule has 0 saturated heterocycles. The summed E-state index contributed by atoms with van der Waals surface area (Å²) >= 11 is 0. The first-order valence-corrected chi connectivity index (χ1v) is 18.3. The quantitative estimate of drug-likeness (QED) is 0.134. The first-order chi connectivity index (χ1) is 24.3. The van der Waals surface area contributed by atoms with Gasteiger partial charge >= 0.3 is 0 Å². The molecule has 0 bridgehead atoms. The Morgan fingerprint density at radius 2 is 1.48 bits per heavy atom. The van der Waals surface area contributed by atoms with Crippen molar-refractivity contribution in [2.24, 2.45) is 0 Å². The Labute approximate surface area is 297 Å². The van der Waals surface area contributed by atoms with E-state index in [9.17, 15) is 4.79 Å². The number of fused-ring (bicyclic) bond motifs is 2. The monoisotopic (exact) mass is 676 g/mol. The minimum atomic E-state index is -0.704. The number of carbonyl (C=O) groups is 1. The summed E-state index contributed by atoms with van der Waals surface area (Å²) in [5, 5.41) is 3.63. The van der Waals surface area contributed by atoms with Crippen molar-refractivity contribution in [1.29, 1.82) is 0 Å². The highest BCUT2D eigenvalue weighted by Gasteiger charge is 2.39. The molecule has 0 unspecified atom stereocenters. The average molecular weight is 677 g/mol. The fourth-order valence-corrected chi connectivity index (χ4v) is 8.82. The highest BCUT2D eigenvalue weighted by atomic mass is 31.1. The van der Waals surface area contributed by atoms with Gasteiger partial charge in [-0.1, -0.05) is 110 Å². The van der Waals surface area contributed by atoms with Crippen LogP contribution in [-0.4, -0.2) is 19.1 Å². The number of rotatable bonds is 8. The number of aldehydes is 1. The second-order valence-electron chi connectivity index (χ2n) is 12.8. The van der Waals surface area contributed by atoms with E-state index in [1.165, 1.54) is 33.1 Å². The Morgan fingerprint density at radius 3 is 2.12 bits per heavy atom. The van der Waals surface area contributed by atoms with E-state index in [-0.39, 0.29) is 5.41 Å². The van der Waals surface area contributed by atoms with E-state index in [2.05, 4.69) is 130 Å². The van der Waals surface area contributed by atoms with Gasteiger partial charge in [-0.25, -0.2) is 4.99 Å². The molecule has 0 aliphatic carbocycles. The van der Waals surface area contributed by atoms with Crippen LogP contribution >= 0.6 is 7.92 Å². The molecule has 0 aromatic heterocycles. The maximum Gasteiger partial charge on any atom is 0.208 e. The van der Waals surface area contributed by atoms with Gasteiger partial charge in [0.1, 0.15) is 17.3 Å². The Hall–Kier alpha value is -5.31. The van der Waals surface area contributed by atoms with Gasteiger partial charge in [-0.05, 0) is 86.5 Å². The van der Waals surface area contributed by atoms with Crippen LogP contribution in [0.3, 0.4) is 0 Å². The second kappa shape index (κ2) is 15.5. The number of ether oxygens (including phenoxy) is 2. The van der Waals surface area contributed by atoms with E-state index in [4.69, 9.17) is 9.47 Å². The fraction of sp³-hybridized carbons (Fsp3) is 0.156. The van der Waals surface area contributed by atoms with Crippen molar-refractivity contribution in [3.8, 4) is 11.5 Å². The van der Waals surface area contributed by atoms with Crippen molar-refractivity contribution in [2.45, 2.75) is 39.5 Å². The number of allylic oxidation sites excluding steroid dienone is 4. The lowest BCUT2D eigenvalue weighted by Gasteiger charge is -2.21. The topological polar surface area (TPSA) is 49.5 Å². The molecule has 5 aromatic rings. The van der Waals surface area contributed by atoms with Gasteiger partial charge in [0.05, 0.1) is 12.5 Å². The van der Waals surface area contributed by atoms with E-state index in [0.29, 0.717) is 0 Å². The maximum absolute atomic E-state index is 11.4. The summed E-state index contributed by atoms with van der Waals surface area (Å²) in [6, 6.07) is 43.1. The molecule has 0 radical (unpaired) electrons. The molecule has 0 saturated carbocycles. The molecule has 5 heteroatoms. The highest BCUT2D eigenvalue weighted by Crippen LogP contribution is 2.37. The zero-order valence-corrected chi connectivity index (χ0v) is 30.2. The van der Waals surface area contributed by atoms with Crippen molar-refractivity contribution in [2.75, 3.05) is 7.11 Å². The standard InChI is InChI=1S/C26H27NO2.C19H15OP/c1-6-18(12-14-24-26(3,4)21-9-7-8-10-22(21)27-24)25-17(2)15-19-11-13-20(28-5)16-23(19)29-25;20-15-16-9-7-8-14-19(16)21(17-10-3-1-4-11-17)18-12-5-2-6-13-18/h7-16H,6H2,1-5H3;1-15H/p+1/b14-12+,25-18-;. The molecule has 5 aromatic carbocycles. The summed E-state index contributed by atoms with van der Waals surface area (Å²) in [6.07, 6.45) is 8.41. The molecule has 250 valence electrons. The van der Waals surface area contributed by atoms with E-state index in [0.717, 1.165) is 52.0 Å². The summed E-state index contributed by atoms with van der Waals surface area (Å²) in [5.74, 6) is 2.57. The van der Waals surface area contributed by atoms with Crippen molar-refractivity contribution in [3.63, 3.8) is 0 Å². The normalized spacial score (nSPS) is 15.2. The van der Waals surface area contributed by atoms with Crippen molar-refractivity contribution in [3.05, 3.63) is 173 Å². The molecular weight excluding hydrogens is 633 g/mol. The molecule has 2 aliphatic rings. The van der Waals surface area contributed by atoms with E-state index < -0.39 is 7.92 Å². The number of carbonyl (C=O) groups excluding carboxylic acids is 1. The van der Waals surface area contributed by atoms with E-state index >= 15 is 0 Å². The summed E-state index contributed by atoms with van der Waals surface area (Å²) in [5.41, 5.74) is 7.83. The molecule has 4 nitrogen and oxygen atoms in total. The molecule has 50 heavy (non-hydrogen) atoms. The van der Waals surface area contributed by atoms with Gasteiger partial charge in [0, 0.05) is 34.9 Å². The van der Waals surface area contributed by atoms with Gasteiger partial charge in [0.2, 0.25) is 5.69 Å². The van der Waals surface area contributed by atoms with Gasteiger partial charge in [-0.3, -0.25) is 4.79 Å². The lowest BCUT2D eigenvalue weighted by Crippen LogP contribution is -2.65. The zero-order valence-electron chi connectivity index (χ0n) is 29.3. The maximum atomic E-state index is 11.4. The zero-order chi connectivity index (χ0) is 35.1. The fourth-order valence-electron chi connectivity index (χ4n) is 6.40. The summed E-state index contributed by atoms with van der Waals surface area (Å²) in [4.78, 5) is 15.0. The lowest BCUT2D eigenvalue weighted by molar-refractivity contribution is -0.349. The molecular formula is C45H43NO3P+. The first kappa shape index (κ1) is 34.5. The van der Waals surface area contributed by atoms with Crippen LogP contribution in [0.2, 0.25) is 0 Å². The molecule has 0 fully saturated rings. The van der Waals surface area contributed by atoms with Crippen LogP contribution in [0.5, 0.6) is 11.5 Å². The van der Waals surface area contributed by atoms with Crippen LogP contribution in [0.15, 0.2) is 156 Å². The van der Waals surface area contributed by atoms with E-state index in [1.807, 2.05) is 48.5 Å². The van der Waals surface area contributed by atoms with Crippen molar-refractivity contribution in [1.82, 2.24) is 0 Å². The number of nitrogens with one attached hydrogen (secondary N) is 1. The second-order valence-corrected chi connectivity index (χ2v) is 15.0. The Kier molecular flexibility index (Phi) is 10.7. The summed E-state index contributed by atoms with van der Waals surface area (Å²) in [6.45, 7) is 8.79. The molecule has 7 rings (SSSR count). The Morgan fingerprint density at radius 1 is 0.840 bits per heavy atom. The van der Waals surface area contributed by atoms with Crippen LogP contribution in [0.25, 0.3) is 6.08 Å². The van der Waals surface area contributed by atoms with Gasteiger partial charge in [-0.15, -0.1) is 0 Å². The first-order valence-electron chi connectivity index (χ1n) is 17.0. The Bertz CT molecular complexity index is 2070. The Balaban J connectivity index is 0.000000182. The third-order valence-corrected chi connectivity index (χ3v) is 11.7. The summed E-state index contributed by atoms with van der Waals surface area (Å²) < 4.78 is 11.7. The molecule has 2 aliphatic heterocycles. The van der Waals surface area contributed by atoms with Crippen LogP contribution in [0.4, 0.5) is 5.69 Å². The van der Waals surface area contributed by atoms with Crippen LogP contribution in [0.1, 0.15) is 55.6 Å². The lowest BCUT2D eigenvalue weighted by atomic mass is 9.81. The molecule has 0 amide bonds.